The number of benzene rings is 1. The third-order valence-electron chi connectivity index (χ3n) is 6.23. The zero-order valence-electron chi connectivity index (χ0n) is 21.0. The average Bonchev–Trinajstić information content (AvgIpc) is 3.57. The summed E-state index contributed by atoms with van der Waals surface area (Å²) in [5.41, 5.74) is 1.50. The molecule has 3 heterocycles. The fourth-order valence-electron chi connectivity index (χ4n) is 4.10. The maximum atomic E-state index is 13.1. The van der Waals surface area contributed by atoms with Gasteiger partial charge >= 0.3 is 12.2 Å². The summed E-state index contributed by atoms with van der Waals surface area (Å²) < 4.78 is 40.6. The lowest BCUT2D eigenvalue weighted by Crippen LogP contribution is -2.50. The lowest BCUT2D eigenvalue weighted by atomic mass is 10.1. The molecule has 0 saturated carbocycles. The molecule has 212 valence electrons. The van der Waals surface area contributed by atoms with Crippen LogP contribution in [-0.4, -0.2) is 72.4 Å². The molecular weight excluding hydrogens is 553 g/mol. The van der Waals surface area contributed by atoms with Crippen molar-refractivity contribution in [2.75, 3.05) is 6.54 Å². The summed E-state index contributed by atoms with van der Waals surface area (Å²) in [4.78, 5) is 33.4. The third kappa shape index (κ3) is 7.33. The Bertz CT molecular complexity index is 1370. The van der Waals surface area contributed by atoms with Crippen molar-refractivity contribution < 1.29 is 27.9 Å². The molecule has 1 saturated heterocycles. The van der Waals surface area contributed by atoms with Crippen LogP contribution in [0, 0.1) is 5.41 Å². The summed E-state index contributed by atoms with van der Waals surface area (Å²) in [7, 11) is 0. The third-order valence-corrected chi connectivity index (χ3v) is 6.48. The second kappa shape index (κ2) is 12.4. The molecule has 1 aliphatic rings. The quantitative estimate of drug-likeness (QED) is 0.227. The average molecular weight is 579 g/mol. The highest BCUT2D eigenvalue weighted by atomic mass is 35.5. The Morgan fingerprint density at radius 2 is 2.02 bits per heavy atom. The number of carbonyl (C=O) groups excluding carboxylic acids is 2. The number of alkyl halides is 3. The predicted octanol–water partition coefficient (Wildman–Crippen LogP) is 2.99. The van der Waals surface area contributed by atoms with Crippen molar-refractivity contribution in [3.8, 4) is 5.69 Å². The molecule has 1 aromatic carbocycles. The number of aliphatic hydroxyl groups is 1. The van der Waals surface area contributed by atoms with E-state index in [2.05, 4.69) is 25.7 Å². The van der Waals surface area contributed by atoms with Crippen molar-refractivity contribution in [1.29, 1.82) is 5.41 Å². The normalized spacial score (nSPS) is 15.9. The first-order chi connectivity index (χ1) is 19.0. The Balaban J connectivity index is 1.44. The number of aromatic nitrogens is 4. The van der Waals surface area contributed by atoms with Gasteiger partial charge in [0, 0.05) is 29.2 Å². The Morgan fingerprint density at radius 1 is 1.27 bits per heavy atom. The highest BCUT2D eigenvalue weighted by Gasteiger charge is 2.41. The number of urea groups is 1. The van der Waals surface area contributed by atoms with E-state index in [-0.39, 0.29) is 29.9 Å². The van der Waals surface area contributed by atoms with Gasteiger partial charge in [0.1, 0.15) is 12.2 Å². The van der Waals surface area contributed by atoms with Crippen molar-refractivity contribution in [3.63, 3.8) is 0 Å². The second-order valence-corrected chi connectivity index (χ2v) is 9.54. The van der Waals surface area contributed by atoms with Gasteiger partial charge in [-0.2, -0.15) is 13.2 Å². The number of pyridine rings is 1. The molecule has 40 heavy (non-hydrogen) atoms. The number of aryl methyl sites for hydroxylation is 1. The SMILES string of the molecule is N=C(c1ccc(Cl)cc1)N(C[C@H](O)C(F)(F)F)C(=O)NCc1ncn(-c2cccnc2CCC2CCC(=O)N2)n1. The van der Waals surface area contributed by atoms with Crippen molar-refractivity contribution in [1.82, 2.24) is 35.3 Å². The van der Waals surface area contributed by atoms with Crippen LogP contribution in [0.5, 0.6) is 0 Å². The first kappa shape index (κ1) is 29.0. The number of nitrogens with one attached hydrogen (secondary N) is 3. The van der Waals surface area contributed by atoms with E-state index in [0.717, 1.165) is 12.1 Å². The fourth-order valence-corrected chi connectivity index (χ4v) is 4.22. The van der Waals surface area contributed by atoms with Crippen LogP contribution < -0.4 is 10.6 Å². The van der Waals surface area contributed by atoms with Crippen molar-refractivity contribution in [3.05, 3.63) is 71.0 Å². The molecule has 3 aromatic rings. The van der Waals surface area contributed by atoms with Gasteiger partial charge < -0.3 is 15.7 Å². The highest BCUT2D eigenvalue weighted by molar-refractivity contribution is 6.30. The number of nitrogens with zero attached hydrogens (tertiary/aromatic N) is 5. The maximum absolute atomic E-state index is 13.1. The molecule has 0 radical (unpaired) electrons. The number of aliphatic hydroxyl groups excluding tert-OH is 1. The number of rotatable bonds is 9. The van der Waals surface area contributed by atoms with Gasteiger partial charge in [-0.05, 0) is 55.7 Å². The first-order valence-electron chi connectivity index (χ1n) is 12.3. The van der Waals surface area contributed by atoms with Crippen LogP contribution in [-0.2, 0) is 17.8 Å². The molecule has 4 N–H and O–H groups in total. The molecule has 0 aliphatic carbocycles. The second-order valence-electron chi connectivity index (χ2n) is 9.10. The fraction of sp³-hybridized carbons (Fsp3) is 0.360. The van der Waals surface area contributed by atoms with Gasteiger partial charge in [-0.3, -0.25) is 20.1 Å². The van der Waals surface area contributed by atoms with E-state index in [0.29, 0.717) is 34.9 Å². The van der Waals surface area contributed by atoms with Crippen LogP contribution in [0.25, 0.3) is 5.69 Å². The van der Waals surface area contributed by atoms with Crippen LogP contribution in [0.15, 0.2) is 48.9 Å². The van der Waals surface area contributed by atoms with Crippen molar-refractivity contribution >= 4 is 29.4 Å². The van der Waals surface area contributed by atoms with Gasteiger partial charge in [-0.15, -0.1) is 5.10 Å². The smallest absolute Gasteiger partial charge is 0.382 e. The van der Waals surface area contributed by atoms with Crippen LogP contribution in [0.4, 0.5) is 18.0 Å². The predicted molar refractivity (Wildman–Crippen MR) is 138 cm³/mol. The summed E-state index contributed by atoms with van der Waals surface area (Å²) in [6, 6.07) is 8.14. The molecule has 0 bridgehead atoms. The van der Waals surface area contributed by atoms with Crippen molar-refractivity contribution in [2.45, 2.75) is 50.6 Å². The molecule has 1 aliphatic heterocycles. The largest absolute Gasteiger partial charge is 0.416 e. The zero-order valence-corrected chi connectivity index (χ0v) is 21.8. The van der Waals surface area contributed by atoms with E-state index >= 15 is 0 Å². The van der Waals surface area contributed by atoms with Crippen LogP contribution >= 0.6 is 11.6 Å². The van der Waals surface area contributed by atoms with Gasteiger partial charge in [-0.25, -0.2) is 14.5 Å². The molecule has 11 nitrogen and oxygen atoms in total. The monoisotopic (exact) mass is 578 g/mol. The standard InChI is InChI=1S/C25H26ClF3N8O3/c26-16-5-3-15(4-6-16)23(30)36(13-20(38)25(27,28)29)24(40)32-12-21-33-14-37(35-21)19-2-1-11-31-18(19)9-7-17-8-10-22(39)34-17/h1-6,11,14,17,20,30,38H,7-10,12-13H2,(H,32,40)(H,34,39)/t17?,20-/m0/s1. The Hall–Kier alpha value is -4.04. The van der Waals surface area contributed by atoms with Gasteiger partial charge in [0.15, 0.2) is 11.9 Å². The van der Waals surface area contributed by atoms with E-state index in [4.69, 9.17) is 17.0 Å². The molecule has 3 amide bonds. The Morgan fingerprint density at radius 3 is 2.70 bits per heavy atom. The summed E-state index contributed by atoms with van der Waals surface area (Å²) in [5.74, 6) is -0.376. The molecular formula is C25H26ClF3N8O3. The zero-order chi connectivity index (χ0) is 28.9. The van der Waals surface area contributed by atoms with E-state index in [1.165, 1.54) is 35.3 Å². The minimum Gasteiger partial charge on any atom is -0.382 e. The van der Waals surface area contributed by atoms with E-state index < -0.39 is 30.7 Å². The molecule has 0 spiro atoms. The number of amides is 3. The number of halogens is 4. The molecule has 2 atom stereocenters. The van der Waals surface area contributed by atoms with Crippen molar-refractivity contribution in [2.24, 2.45) is 0 Å². The summed E-state index contributed by atoms with van der Waals surface area (Å²) in [6.45, 7) is -1.46. The molecule has 1 unspecified atom stereocenters. The summed E-state index contributed by atoms with van der Waals surface area (Å²) >= 11 is 5.84. The lowest BCUT2D eigenvalue weighted by molar-refractivity contribution is -0.204. The first-order valence-corrected chi connectivity index (χ1v) is 12.7. The highest BCUT2D eigenvalue weighted by Crippen LogP contribution is 2.22. The minimum atomic E-state index is -5.00. The Labute approximate surface area is 231 Å². The van der Waals surface area contributed by atoms with Gasteiger partial charge in [0.2, 0.25) is 5.91 Å². The molecule has 15 heteroatoms. The van der Waals surface area contributed by atoms with E-state index in [9.17, 15) is 27.9 Å². The molecule has 1 fully saturated rings. The summed E-state index contributed by atoms with van der Waals surface area (Å²) in [6.07, 6.45) is -2.26. The number of amidine groups is 1. The molecule has 2 aromatic heterocycles. The summed E-state index contributed by atoms with van der Waals surface area (Å²) in [5, 5.41) is 27.9. The van der Waals surface area contributed by atoms with Crippen LogP contribution in [0.1, 0.15) is 36.3 Å². The van der Waals surface area contributed by atoms with E-state index in [1.54, 1.807) is 18.3 Å². The van der Waals surface area contributed by atoms with Gasteiger partial charge in [-0.1, -0.05) is 11.6 Å². The van der Waals surface area contributed by atoms with Crippen LogP contribution in [0.2, 0.25) is 5.02 Å². The van der Waals surface area contributed by atoms with E-state index in [1.807, 2.05) is 0 Å². The maximum Gasteiger partial charge on any atom is 0.416 e. The van der Waals surface area contributed by atoms with Gasteiger partial charge in [0.25, 0.3) is 0 Å². The Kier molecular flexibility index (Phi) is 9.00. The lowest BCUT2D eigenvalue weighted by Gasteiger charge is -2.26. The number of hydrogen-bond acceptors (Lipinski definition) is 7. The van der Waals surface area contributed by atoms with Crippen LogP contribution in [0.3, 0.4) is 0 Å². The molecule has 4 rings (SSSR count). The number of hydrogen-bond donors (Lipinski definition) is 4. The minimum absolute atomic E-state index is 0.0315. The van der Waals surface area contributed by atoms with Gasteiger partial charge in [0.05, 0.1) is 24.5 Å². The topological polar surface area (TPSA) is 149 Å². The number of carbonyl (C=O) groups is 2.